The Balaban J connectivity index is 0.000000182. The van der Waals surface area contributed by atoms with E-state index in [1.165, 1.54) is 25.0 Å². The van der Waals surface area contributed by atoms with E-state index in [4.69, 9.17) is 11.6 Å². The molecule has 0 fully saturated rings. The number of carboxylic acids is 2. The highest BCUT2D eigenvalue weighted by atomic mass is 35.5. The van der Waals surface area contributed by atoms with Crippen LogP contribution in [0.5, 0.6) is 0 Å². The van der Waals surface area contributed by atoms with Gasteiger partial charge in [0.25, 0.3) is 0 Å². The van der Waals surface area contributed by atoms with Crippen LogP contribution in [0.25, 0.3) is 0 Å². The van der Waals surface area contributed by atoms with Gasteiger partial charge in [-0.2, -0.15) is 0 Å². The molecule has 2 bridgehead atoms. The molecule has 2 aliphatic rings. The van der Waals surface area contributed by atoms with Crippen molar-refractivity contribution in [3.05, 3.63) is 34.4 Å². The zero-order chi connectivity index (χ0) is 13.9. The summed E-state index contributed by atoms with van der Waals surface area (Å²) < 4.78 is 0. The van der Waals surface area contributed by atoms with Gasteiger partial charge < -0.3 is 19.8 Å². The summed E-state index contributed by atoms with van der Waals surface area (Å²) in [6.45, 7) is 2.96. The van der Waals surface area contributed by atoms with E-state index < -0.39 is 23.8 Å². The molecule has 2 aliphatic carbocycles. The SMILES string of the molecule is CC(C)C(C(=O)[O-])C(=O)[O-].ClC1=C2C=CC(=C1)C2. The van der Waals surface area contributed by atoms with Gasteiger partial charge in [-0.3, -0.25) is 0 Å². The quantitative estimate of drug-likeness (QED) is 0.682. The first kappa shape index (κ1) is 14.5. The Bertz CT molecular complexity index is 444. The molecular weight excluding hydrogens is 256 g/mol. The monoisotopic (exact) mass is 268 g/mol. The number of halogens is 1. The van der Waals surface area contributed by atoms with Gasteiger partial charge in [0.05, 0.1) is 11.9 Å². The minimum atomic E-state index is -1.59. The summed E-state index contributed by atoms with van der Waals surface area (Å²) in [5.74, 6) is -5.17. The third kappa shape index (κ3) is 3.47. The standard InChI is InChI=1S/C7H5Cl.C6H10O4/c8-7-4-5-1-2-6(7)3-5;1-3(2)4(5(7)8)6(9)10/h1-2,4H,3H2;3-4H,1-2H3,(H,7,8)(H,9,10)/p-2. The normalized spacial score (nSPS) is 15.9. The molecule has 0 spiro atoms. The number of hydrogen-bond donors (Lipinski definition) is 0. The number of carbonyl (C=O) groups excluding carboxylic acids is 2. The van der Waals surface area contributed by atoms with Crippen LogP contribution in [0.1, 0.15) is 20.3 Å². The number of aliphatic carboxylic acids is 2. The highest BCUT2D eigenvalue weighted by Crippen LogP contribution is 2.34. The first-order valence-corrected chi connectivity index (χ1v) is 5.89. The largest absolute Gasteiger partial charge is 0.549 e. The smallest absolute Gasteiger partial charge is 0.0504 e. The Morgan fingerprint density at radius 1 is 1.22 bits per heavy atom. The molecule has 0 aliphatic heterocycles. The van der Waals surface area contributed by atoms with Crippen molar-refractivity contribution in [3.8, 4) is 0 Å². The molecular formula is C13H13ClO4-2. The van der Waals surface area contributed by atoms with Crippen LogP contribution in [-0.2, 0) is 9.59 Å². The summed E-state index contributed by atoms with van der Waals surface area (Å²) in [6.07, 6.45) is 7.29. The van der Waals surface area contributed by atoms with Crippen LogP contribution in [-0.4, -0.2) is 11.9 Å². The van der Waals surface area contributed by atoms with Crippen molar-refractivity contribution in [2.45, 2.75) is 20.3 Å². The van der Waals surface area contributed by atoms with Crippen LogP contribution >= 0.6 is 11.6 Å². The first-order valence-electron chi connectivity index (χ1n) is 5.52. The topological polar surface area (TPSA) is 80.3 Å². The van der Waals surface area contributed by atoms with Gasteiger partial charge >= 0.3 is 0 Å². The van der Waals surface area contributed by atoms with E-state index in [-0.39, 0.29) is 0 Å². The predicted molar refractivity (Wildman–Crippen MR) is 63.1 cm³/mol. The highest BCUT2D eigenvalue weighted by molar-refractivity contribution is 6.32. The molecule has 0 unspecified atom stereocenters. The minimum Gasteiger partial charge on any atom is -0.549 e. The van der Waals surface area contributed by atoms with E-state index in [1.807, 2.05) is 6.08 Å². The van der Waals surface area contributed by atoms with Crippen LogP contribution in [0.2, 0.25) is 0 Å². The summed E-state index contributed by atoms with van der Waals surface area (Å²) in [4.78, 5) is 20.1. The molecule has 4 nitrogen and oxygen atoms in total. The van der Waals surface area contributed by atoms with Crippen molar-refractivity contribution in [2.24, 2.45) is 11.8 Å². The molecule has 0 N–H and O–H groups in total. The molecule has 0 aromatic heterocycles. The lowest BCUT2D eigenvalue weighted by atomic mass is 9.97. The third-order valence-corrected chi connectivity index (χ3v) is 3.04. The lowest BCUT2D eigenvalue weighted by molar-refractivity contribution is -0.333. The molecule has 0 heterocycles. The number of rotatable bonds is 3. The van der Waals surface area contributed by atoms with Crippen molar-refractivity contribution in [1.82, 2.24) is 0 Å². The van der Waals surface area contributed by atoms with Gasteiger partial charge in [0.2, 0.25) is 0 Å². The second kappa shape index (κ2) is 5.87. The Kier molecular flexibility index (Phi) is 4.73. The summed E-state index contributed by atoms with van der Waals surface area (Å²) in [6, 6.07) is 0. The molecule has 5 heteroatoms. The summed E-state index contributed by atoms with van der Waals surface area (Å²) in [5.41, 5.74) is 2.63. The van der Waals surface area contributed by atoms with E-state index >= 15 is 0 Å². The number of fused-ring (bicyclic) bond motifs is 2. The maximum absolute atomic E-state index is 10.1. The van der Waals surface area contributed by atoms with E-state index in [1.54, 1.807) is 0 Å². The Morgan fingerprint density at radius 3 is 1.89 bits per heavy atom. The number of carbonyl (C=O) groups is 2. The molecule has 0 aromatic rings. The average Bonchev–Trinajstić information content (AvgIpc) is 2.76. The maximum Gasteiger partial charge on any atom is 0.0504 e. The Labute approximate surface area is 110 Å². The molecule has 0 saturated carbocycles. The van der Waals surface area contributed by atoms with Gasteiger partial charge in [0.1, 0.15) is 0 Å². The molecule has 18 heavy (non-hydrogen) atoms. The lowest BCUT2D eigenvalue weighted by Gasteiger charge is -2.22. The van der Waals surface area contributed by atoms with Gasteiger partial charge in [-0.15, -0.1) is 0 Å². The fraction of sp³-hybridized carbons (Fsp3) is 0.385. The Hall–Kier alpha value is -1.55. The van der Waals surface area contributed by atoms with Crippen LogP contribution in [0.3, 0.4) is 0 Å². The van der Waals surface area contributed by atoms with Crippen molar-refractivity contribution in [3.63, 3.8) is 0 Å². The Morgan fingerprint density at radius 2 is 1.78 bits per heavy atom. The van der Waals surface area contributed by atoms with Crippen molar-refractivity contribution in [2.75, 3.05) is 0 Å². The molecule has 98 valence electrons. The van der Waals surface area contributed by atoms with Crippen molar-refractivity contribution >= 4 is 23.5 Å². The second-order valence-corrected chi connectivity index (χ2v) is 4.87. The molecule has 0 radical (unpaired) electrons. The van der Waals surface area contributed by atoms with Crippen LogP contribution in [0, 0.1) is 11.8 Å². The van der Waals surface area contributed by atoms with E-state index in [0.29, 0.717) is 0 Å². The van der Waals surface area contributed by atoms with Crippen LogP contribution in [0.4, 0.5) is 0 Å². The summed E-state index contributed by atoms with van der Waals surface area (Å²) in [5, 5.41) is 21.0. The van der Waals surface area contributed by atoms with E-state index in [0.717, 1.165) is 11.5 Å². The zero-order valence-electron chi connectivity index (χ0n) is 10.1. The molecule has 0 saturated heterocycles. The van der Waals surface area contributed by atoms with E-state index in [9.17, 15) is 19.8 Å². The fourth-order valence-corrected chi connectivity index (χ4v) is 1.97. The average molecular weight is 269 g/mol. The number of allylic oxidation sites excluding steroid dienone is 6. The van der Waals surface area contributed by atoms with E-state index in [2.05, 4.69) is 12.2 Å². The van der Waals surface area contributed by atoms with Gasteiger partial charge in [0, 0.05) is 11.0 Å². The van der Waals surface area contributed by atoms with Gasteiger partial charge in [-0.1, -0.05) is 37.6 Å². The predicted octanol–water partition coefficient (Wildman–Crippen LogP) is 0.138. The van der Waals surface area contributed by atoms with Crippen molar-refractivity contribution in [1.29, 1.82) is 0 Å². The summed E-state index contributed by atoms with van der Waals surface area (Å²) >= 11 is 5.76. The zero-order valence-corrected chi connectivity index (χ0v) is 10.9. The molecule has 0 amide bonds. The molecule has 2 rings (SSSR count). The lowest BCUT2D eigenvalue weighted by Crippen LogP contribution is -2.45. The van der Waals surface area contributed by atoms with Gasteiger partial charge in [-0.05, 0) is 29.6 Å². The second-order valence-electron chi connectivity index (χ2n) is 4.46. The summed E-state index contributed by atoms with van der Waals surface area (Å²) in [7, 11) is 0. The maximum atomic E-state index is 10.1. The number of carboxylic acid groups (broad SMARTS) is 2. The molecule has 0 atom stereocenters. The highest BCUT2D eigenvalue weighted by Gasteiger charge is 2.15. The third-order valence-electron chi connectivity index (χ3n) is 2.69. The minimum absolute atomic E-state index is 0.491. The van der Waals surface area contributed by atoms with Crippen molar-refractivity contribution < 1.29 is 19.8 Å². The first-order chi connectivity index (χ1) is 8.32. The number of hydrogen-bond acceptors (Lipinski definition) is 4. The molecule has 0 aromatic carbocycles. The fourth-order valence-electron chi connectivity index (χ4n) is 1.70. The van der Waals surface area contributed by atoms with Gasteiger partial charge in [-0.25, -0.2) is 0 Å². The van der Waals surface area contributed by atoms with Crippen LogP contribution in [0.15, 0.2) is 34.4 Å². The van der Waals surface area contributed by atoms with Crippen LogP contribution < -0.4 is 10.2 Å². The van der Waals surface area contributed by atoms with Gasteiger partial charge in [0.15, 0.2) is 0 Å².